The van der Waals surface area contributed by atoms with E-state index in [1.54, 1.807) is 48.5 Å². The highest BCUT2D eigenvalue weighted by molar-refractivity contribution is 7.90. The number of hydrogen-bond donors (Lipinski definition) is 1. The molecule has 0 aromatic heterocycles. The summed E-state index contributed by atoms with van der Waals surface area (Å²) in [5.41, 5.74) is 1.31. The second-order valence-electron chi connectivity index (χ2n) is 9.77. The maximum absolute atomic E-state index is 14.8. The second-order valence-corrected chi connectivity index (χ2v) is 11.8. The van der Waals surface area contributed by atoms with Crippen LogP contribution in [-0.4, -0.2) is 62.2 Å². The van der Waals surface area contributed by atoms with Crippen molar-refractivity contribution in [2.24, 2.45) is 0 Å². The molecule has 40 heavy (non-hydrogen) atoms. The molecular weight excluding hydrogens is 531 g/mol. The van der Waals surface area contributed by atoms with Gasteiger partial charge in [0.2, 0.25) is 11.8 Å². The molecule has 0 radical (unpaired) electrons. The summed E-state index contributed by atoms with van der Waals surface area (Å²) in [6.45, 7) is 2.99. The van der Waals surface area contributed by atoms with E-state index in [1.807, 2.05) is 44.2 Å². The fourth-order valence-corrected chi connectivity index (χ4v) is 5.17. The van der Waals surface area contributed by atoms with E-state index in [4.69, 9.17) is 0 Å². The highest BCUT2D eigenvalue weighted by Gasteiger charge is 2.35. The van der Waals surface area contributed by atoms with Gasteiger partial charge in [-0.3, -0.25) is 9.59 Å². The van der Waals surface area contributed by atoms with Crippen molar-refractivity contribution in [3.05, 3.63) is 102 Å². The van der Waals surface area contributed by atoms with Gasteiger partial charge >= 0.3 is 10.2 Å². The van der Waals surface area contributed by atoms with Gasteiger partial charge < -0.3 is 10.2 Å². The standard InChI is InChI=1S/C30H37FN4O4S/c1-5-23(2)32-30(37)28(20-24-14-8-6-9-15-24)34(21-25-16-12-13-19-27(25)31)29(36)22-35(40(38,39)33(3)4)26-17-10-7-11-18-26/h6-19,23,28H,5,20-22H2,1-4H3,(H,32,37)/t23-,28-/m0/s1. The van der Waals surface area contributed by atoms with Gasteiger partial charge in [0, 0.05) is 38.7 Å². The van der Waals surface area contributed by atoms with Crippen LogP contribution >= 0.6 is 0 Å². The first-order valence-corrected chi connectivity index (χ1v) is 14.6. The molecule has 2 atom stereocenters. The summed E-state index contributed by atoms with van der Waals surface area (Å²) < 4.78 is 43.5. The lowest BCUT2D eigenvalue weighted by atomic mass is 10.0. The molecule has 0 unspecified atom stereocenters. The molecule has 0 aliphatic carbocycles. The van der Waals surface area contributed by atoms with Crippen molar-refractivity contribution in [3.8, 4) is 0 Å². The number of halogens is 1. The van der Waals surface area contributed by atoms with Gasteiger partial charge in [0.25, 0.3) is 0 Å². The molecule has 3 aromatic carbocycles. The Morgan fingerprint density at radius 1 is 0.900 bits per heavy atom. The number of anilines is 1. The van der Waals surface area contributed by atoms with Crippen molar-refractivity contribution < 1.29 is 22.4 Å². The van der Waals surface area contributed by atoms with Crippen LogP contribution in [0.1, 0.15) is 31.4 Å². The third-order valence-electron chi connectivity index (χ3n) is 6.63. The summed E-state index contributed by atoms with van der Waals surface area (Å²) in [4.78, 5) is 29.0. The Bertz CT molecular complexity index is 1370. The minimum absolute atomic E-state index is 0.161. The molecule has 1 N–H and O–H groups in total. The number of nitrogens with one attached hydrogen (secondary N) is 1. The van der Waals surface area contributed by atoms with E-state index >= 15 is 0 Å². The Balaban J connectivity index is 2.09. The molecule has 10 heteroatoms. The maximum Gasteiger partial charge on any atom is 0.304 e. The molecule has 0 aliphatic heterocycles. The predicted molar refractivity (Wildman–Crippen MR) is 155 cm³/mol. The Morgan fingerprint density at radius 2 is 1.48 bits per heavy atom. The van der Waals surface area contributed by atoms with Gasteiger partial charge in [0.05, 0.1) is 5.69 Å². The Morgan fingerprint density at radius 3 is 2.05 bits per heavy atom. The fraction of sp³-hybridized carbons (Fsp3) is 0.333. The molecule has 0 saturated heterocycles. The Labute approximate surface area is 236 Å². The monoisotopic (exact) mass is 568 g/mol. The number of benzene rings is 3. The molecule has 0 fully saturated rings. The molecule has 3 rings (SSSR count). The third kappa shape index (κ3) is 7.89. The van der Waals surface area contributed by atoms with E-state index in [2.05, 4.69) is 5.32 Å². The average Bonchev–Trinajstić information content (AvgIpc) is 2.95. The summed E-state index contributed by atoms with van der Waals surface area (Å²) in [6.07, 6.45) is 0.836. The van der Waals surface area contributed by atoms with Gasteiger partial charge in [0.1, 0.15) is 18.4 Å². The van der Waals surface area contributed by atoms with E-state index in [9.17, 15) is 22.4 Å². The number of para-hydroxylation sites is 1. The van der Waals surface area contributed by atoms with Crippen LogP contribution in [0.3, 0.4) is 0 Å². The number of rotatable bonds is 13. The first-order chi connectivity index (χ1) is 19.0. The van der Waals surface area contributed by atoms with Crippen LogP contribution in [0.25, 0.3) is 0 Å². The maximum atomic E-state index is 14.8. The Kier molecular flexibility index (Phi) is 10.8. The summed E-state index contributed by atoms with van der Waals surface area (Å²) in [5.74, 6) is -1.57. The minimum atomic E-state index is -4.08. The molecule has 214 valence electrons. The van der Waals surface area contributed by atoms with Crippen molar-refractivity contribution in [2.75, 3.05) is 24.9 Å². The average molecular weight is 569 g/mol. The topological polar surface area (TPSA) is 90.0 Å². The largest absolute Gasteiger partial charge is 0.352 e. The molecule has 3 aromatic rings. The molecule has 0 saturated carbocycles. The van der Waals surface area contributed by atoms with Crippen LogP contribution in [0.15, 0.2) is 84.9 Å². The van der Waals surface area contributed by atoms with Crippen molar-refractivity contribution in [1.82, 2.24) is 14.5 Å². The first kappa shape index (κ1) is 30.8. The lowest BCUT2D eigenvalue weighted by molar-refractivity contribution is -0.140. The molecule has 0 heterocycles. The molecule has 8 nitrogen and oxygen atoms in total. The zero-order chi connectivity index (χ0) is 29.3. The molecule has 0 aliphatic rings. The minimum Gasteiger partial charge on any atom is -0.352 e. The highest BCUT2D eigenvalue weighted by Crippen LogP contribution is 2.22. The van der Waals surface area contributed by atoms with Crippen LogP contribution < -0.4 is 9.62 Å². The van der Waals surface area contributed by atoms with E-state index < -0.39 is 40.4 Å². The van der Waals surface area contributed by atoms with Gasteiger partial charge in [0.15, 0.2) is 0 Å². The summed E-state index contributed by atoms with van der Waals surface area (Å²) >= 11 is 0. The first-order valence-electron chi connectivity index (χ1n) is 13.2. The zero-order valence-electron chi connectivity index (χ0n) is 23.3. The van der Waals surface area contributed by atoms with E-state index in [0.717, 1.165) is 14.2 Å². The van der Waals surface area contributed by atoms with Gasteiger partial charge in [-0.15, -0.1) is 0 Å². The molecule has 0 spiro atoms. The summed E-state index contributed by atoms with van der Waals surface area (Å²) in [7, 11) is -1.33. The van der Waals surface area contributed by atoms with Crippen LogP contribution in [-0.2, 0) is 32.8 Å². The van der Waals surface area contributed by atoms with E-state index in [1.165, 1.54) is 25.1 Å². The van der Waals surface area contributed by atoms with Gasteiger partial charge in [-0.05, 0) is 37.1 Å². The van der Waals surface area contributed by atoms with Crippen LogP contribution in [0.2, 0.25) is 0 Å². The highest BCUT2D eigenvalue weighted by atomic mass is 32.2. The quantitative estimate of drug-likeness (QED) is 0.338. The van der Waals surface area contributed by atoms with Crippen LogP contribution in [0.5, 0.6) is 0 Å². The normalized spacial score (nSPS) is 12.9. The Hall–Kier alpha value is -3.76. The van der Waals surface area contributed by atoms with Gasteiger partial charge in [-0.25, -0.2) is 8.70 Å². The zero-order valence-corrected chi connectivity index (χ0v) is 24.1. The number of hydrogen-bond acceptors (Lipinski definition) is 4. The number of amides is 2. The summed E-state index contributed by atoms with van der Waals surface area (Å²) in [5, 5.41) is 2.95. The SMILES string of the molecule is CC[C@H](C)NC(=O)[C@H](Cc1ccccc1)N(Cc1ccccc1F)C(=O)CN(c1ccccc1)S(=O)(=O)N(C)C. The predicted octanol–water partition coefficient (Wildman–Crippen LogP) is 3.99. The number of nitrogens with zero attached hydrogens (tertiary/aromatic N) is 3. The van der Waals surface area contributed by atoms with E-state index in [0.29, 0.717) is 12.1 Å². The smallest absolute Gasteiger partial charge is 0.304 e. The van der Waals surface area contributed by atoms with E-state index in [-0.39, 0.29) is 24.6 Å². The summed E-state index contributed by atoms with van der Waals surface area (Å²) in [6, 6.07) is 22.3. The van der Waals surface area contributed by atoms with Crippen LogP contribution in [0, 0.1) is 5.82 Å². The molecule has 0 bridgehead atoms. The lowest BCUT2D eigenvalue weighted by Gasteiger charge is -2.35. The van der Waals surface area contributed by atoms with Gasteiger partial charge in [-0.1, -0.05) is 73.7 Å². The fourth-order valence-electron chi connectivity index (χ4n) is 4.12. The lowest BCUT2D eigenvalue weighted by Crippen LogP contribution is -2.55. The molecular formula is C30H37FN4O4S. The third-order valence-corrected chi connectivity index (χ3v) is 8.45. The van der Waals surface area contributed by atoms with Gasteiger partial charge in [-0.2, -0.15) is 12.7 Å². The molecule has 2 amide bonds. The second kappa shape index (κ2) is 14.0. The van der Waals surface area contributed by atoms with Crippen molar-refractivity contribution in [1.29, 1.82) is 0 Å². The van der Waals surface area contributed by atoms with Crippen molar-refractivity contribution in [2.45, 2.75) is 45.3 Å². The number of carbonyl (C=O) groups excluding carboxylic acids is 2. The van der Waals surface area contributed by atoms with Crippen molar-refractivity contribution in [3.63, 3.8) is 0 Å². The number of carbonyl (C=O) groups is 2. The van der Waals surface area contributed by atoms with Crippen molar-refractivity contribution >= 4 is 27.7 Å². The van der Waals surface area contributed by atoms with Crippen LogP contribution in [0.4, 0.5) is 10.1 Å².